The summed E-state index contributed by atoms with van der Waals surface area (Å²) >= 11 is 5.49. The van der Waals surface area contributed by atoms with Gasteiger partial charge in [-0.25, -0.2) is 0 Å². The molecule has 4 nitrogen and oxygen atoms in total. The second-order valence-corrected chi connectivity index (χ2v) is 4.76. The van der Waals surface area contributed by atoms with E-state index in [1.807, 2.05) is 32.2 Å². The van der Waals surface area contributed by atoms with Crippen molar-refractivity contribution in [3.8, 4) is 0 Å². The van der Waals surface area contributed by atoms with Crippen LogP contribution in [-0.2, 0) is 11.8 Å². The van der Waals surface area contributed by atoms with Crippen LogP contribution in [0.1, 0.15) is 21.6 Å². The maximum absolute atomic E-state index is 12.6. The monoisotopic (exact) mass is 290 g/mol. The number of benzene rings is 1. The van der Waals surface area contributed by atoms with Crippen molar-refractivity contribution in [2.24, 2.45) is 7.05 Å². The normalized spacial score (nSPS) is 10.3. The minimum atomic E-state index is -0.334. The Kier molecular flexibility index (Phi) is 4.25. The van der Waals surface area contributed by atoms with Crippen molar-refractivity contribution in [2.45, 2.75) is 6.92 Å². The van der Waals surface area contributed by atoms with Crippen molar-refractivity contribution in [3.63, 3.8) is 0 Å². The number of carbonyl (C=O) groups is 2. The van der Waals surface area contributed by atoms with Crippen molar-refractivity contribution in [1.29, 1.82) is 0 Å². The van der Waals surface area contributed by atoms with Gasteiger partial charge in [0.1, 0.15) is 5.88 Å². The van der Waals surface area contributed by atoms with E-state index in [9.17, 15) is 9.59 Å². The minimum Gasteiger partial charge on any atom is -0.352 e. The second kappa shape index (κ2) is 5.92. The van der Waals surface area contributed by atoms with Crippen LogP contribution >= 0.6 is 11.6 Å². The number of anilines is 1. The number of carbonyl (C=O) groups excluding carboxylic acids is 2. The number of nitrogens with zero attached hydrogens (tertiary/aromatic N) is 1. The van der Waals surface area contributed by atoms with Crippen molar-refractivity contribution in [2.75, 3.05) is 11.2 Å². The molecule has 0 fully saturated rings. The van der Waals surface area contributed by atoms with Crippen LogP contribution < -0.4 is 5.32 Å². The Labute approximate surface area is 122 Å². The Morgan fingerprint density at radius 2 is 1.90 bits per heavy atom. The zero-order chi connectivity index (χ0) is 14.7. The van der Waals surface area contributed by atoms with Crippen molar-refractivity contribution in [1.82, 2.24) is 4.57 Å². The number of nitrogens with one attached hydrogen (secondary N) is 1. The molecule has 5 heteroatoms. The van der Waals surface area contributed by atoms with Crippen LogP contribution in [0.3, 0.4) is 0 Å². The van der Waals surface area contributed by atoms with Gasteiger partial charge in [-0.15, -0.1) is 11.6 Å². The van der Waals surface area contributed by atoms with Gasteiger partial charge in [0.15, 0.2) is 5.78 Å². The molecule has 1 amide bonds. The summed E-state index contributed by atoms with van der Waals surface area (Å²) in [5, 5.41) is 2.66. The second-order valence-electron chi connectivity index (χ2n) is 4.49. The van der Waals surface area contributed by atoms with Crippen LogP contribution in [0.15, 0.2) is 36.5 Å². The zero-order valence-corrected chi connectivity index (χ0v) is 12.1. The van der Waals surface area contributed by atoms with E-state index >= 15 is 0 Å². The van der Waals surface area contributed by atoms with Gasteiger partial charge < -0.3 is 9.88 Å². The molecular formula is C15H15ClN2O2. The summed E-state index contributed by atoms with van der Waals surface area (Å²) in [6.45, 7) is 1.84. The Morgan fingerprint density at radius 3 is 2.50 bits per heavy atom. The Bertz CT molecular complexity index is 647. The van der Waals surface area contributed by atoms with Gasteiger partial charge in [0.25, 0.3) is 0 Å². The molecule has 0 aliphatic carbocycles. The molecule has 0 saturated heterocycles. The van der Waals surface area contributed by atoms with Crippen molar-refractivity contribution >= 4 is 29.0 Å². The molecule has 2 rings (SSSR count). The molecule has 0 atom stereocenters. The molecule has 1 aromatic heterocycles. The lowest BCUT2D eigenvalue weighted by atomic mass is 10.0. The highest BCUT2D eigenvalue weighted by atomic mass is 35.5. The smallest absolute Gasteiger partial charge is 0.239 e. The molecule has 0 aliphatic rings. The van der Waals surface area contributed by atoms with E-state index in [1.54, 1.807) is 22.9 Å². The summed E-state index contributed by atoms with van der Waals surface area (Å²) in [7, 11) is 1.83. The highest BCUT2D eigenvalue weighted by Gasteiger charge is 2.20. The fourth-order valence-electron chi connectivity index (χ4n) is 2.03. The number of aromatic nitrogens is 1. The third-order valence-electron chi connectivity index (χ3n) is 3.14. The lowest BCUT2D eigenvalue weighted by molar-refractivity contribution is -0.113. The van der Waals surface area contributed by atoms with Crippen LogP contribution in [0.5, 0.6) is 0 Å². The average molecular weight is 291 g/mol. The van der Waals surface area contributed by atoms with E-state index in [0.29, 0.717) is 16.8 Å². The number of rotatable bonds is 4. The number of halogens is 1. The van der Waals surface area contributed by atoms with Gasteiger partial charge in [-0.1, -0.05) is 30.3 Å². The van der Waals surface area contributed by atoms with Crippen LogP contribution in [-0.4, -0.2) is 22.1 Å². The Balaban J connectivity index is 2.45. The van der Waals surface area contributed by atoms with E-state index in [1.165, 1.54) is 0 Å². The number of amides is 1. The lowest BCUT2D eigenvalue weighted by Crippen LogP contribution is -2.15. The lowest BCUT2D eigenvalue weighted by Gasteiger charge is -2.06. The molecular weight excluding hydrogens is 276 g/mol. The molecule has 2 aromatic rings. The predicted octanol–water partition coefficient (Wildman–Crippen LogP) is 2.74. The standard InChI is InChI=1S/C15H15ClN2O2/c1-10-14(15(20)11-6-4-3-5-7-11)12(9-18(10)2)17-13(19)8-16/h3-7,9H,8H2,1-2H3,(H,17,19). The highest BCUT2D eigenvalue weighted by Crippen LogP contribution is 2.24. The number of hydrogen-bond acceptors (Lipinski definition) is 2. The molecule has 104 valence electrons. The van der Waals surface area contributed by atoms with Crippen LogP contribution in [0.4, 0.5) is 5.69 Å². The first-order valence-electron chi connectivity index (χ1n) is 6.16. The van der Waals surface area contributed by atoms with Crippen LogP contribution in [0.25, 0.3) is 0 Å². The van der Waals surface area contributed by atoms with E-state index in [2.05, 4.69) is 5.32 Å². The summed E-state index contributed by atoms with van der Waals surface area (Å²) in [6.07, 6.45) is 1.72. The summed E-state index contributed by atoms with van der Waals surface area (Å²) in [6, 6.07) is 8.97. The third kappa shape index (κ3) is 2.75. The fourth-order valence-corrected chi connectivity index (χ4v) is 2.09. The summed E-state index contributed by atoms with van der Waals surface area (Å²) < 4.78 is 1.81. The van der Waals surface area contributed by atoms with E-state index in [-0.39, 0.29) is 17.6 Å². The maximum Gasteiger partial charge on any atom is 0.239 e. The quantitative estimate of drug-likeness (QED) is 0.695. The first-order valence-corrected chi connectivity index (χ1v) is 6.69. The molecule has 0 saturated carbocycles. The van der Waals surface area contributed by atoms with Gasteiger partial charge in [0, 0.05) is 24.5 Å². The third-order valence-corrected chi connectivity index (χ3v) is 3.38. The van der Waals surface area contributed by atoms with Gasteiger partial charge in [-0.3, -0.25) is 9.59 Å². The van der Waals surface area contributed by atoms with Crippen molar-refractivity contribution in [3.05, 3.63) is 53.3 Å². The van der Waals surface area contributed by atoms with Gasteiger partial charge in [-0.05, 0) is 6.92 Å². The number of hydrogen-bond donors (Lipinski definition) is 1. The van der Waals surface area contributed by atoms with Gasteiger partial charge >= 0.3 is 0 Å². The first kappa shape index (κ1) is 14.3. The largest absolute Gasteiger partial charge is 0.352 e. The molecule has 0 spiro atoms. The fraction of sp³-hybridized carbons (Fsp3) is 0.200. The molecule has 1 N–H and O–H groups in total. The molecule has 0 unspecified atom stereocenters. The van der Waals surface area contributed by atoms with E-state index in [0.717, 1.165) is 5.69 Å². The first-order chi connectivity index (χ1) is 9.54. The minimum absolute atomic E-state index is 0.117. The van der Waals surface area contributed by atoms with Crippen LogP contribution in [0, 0.1) is 6.92 Å². The Morgan fingerprint density at radius 1 is 1.25 bits per heavy atom. The molecule has 0 radical (unpaired) electrons. The topological polar surface area (TPSA) is 51.1 Å². The predicted molar refractivity (Wildman–Crippen MR) is 79.4 cm³/mol. The summed E-state index contributed by atoms with van der Waals surface area (Å²) in [5.41, 5.74) is 2.37. The van der Waals surface area contributed by atoms with Gasteiger partial charge in [0.2, 0.25) is 5.91 Å². The molecule has 0 bridgehead atoms. The summed E-state index contributed by atoms with van der Waals surface area (Å²) in [4.78, 5) is 24.0. The number of alkyl halides is 1. The Hall–Kier alpha value is -2.07. The van der Waals surface area contributed by atoms with Crippen molar-refractivity contribution < 1.29 is 9.59 Å². The molecule has 1 heterocycles. The number of ketones is 1. The SMILES string of the molecule is Cc1c(C(=O)c2ccccc2)c(NC(=O)CCl)cn1C. The summed E-state index contributed by atoms with van der Waals surface area (Å²) in [5.74, 6) is -0.597. The maximum atomic E-state index is 12.6. The number of aryl methyl sites for hydroxylation is 1. The van der Waals surface area contributed by atoms with Gasteiger partial charge in [0.05, 0.1) is 11.3 Å². The van der Waals surface area contributed by atoms with Crippen LogP contribution in [0.2, 0.25) is 0 Å². The van der Waals surface area contributed by atoms with E-state index < -0.39 is 0 Å². The molecule has 1 aromatic carbocycles. The average Bonchev–Trinajstić information content (AvgIpc) is 2.74. The van der Waals surface area contributed by atoms with Gasteiger partial charge in [-0.2, -0.15) is 0 Å². The zero-order valence-electron chi connectivity index (χ0n) is 11.3. The van der Waals surface area contributed by atoms with E-state index in [4.69, 9.17) is 11.6 Å². The highest BCUT2D eigenvalue weighted by molar-refractivity contribution is 6.29. The molecule has 20 heavy (non-hydrogen) atoms. The molecule has 0 aliphatic heterocycles.